The zero-order chi connectivity index (χ0) is 28.7. The first kappa shape index (κ1) is 29.4. The van der Waals surface area contributed by atoms with Crippen molar-refractivity contribution in [1.29, 1.82) is 0 Å². The first-order valence-electron chi connectivity index (χ1n) is 11.9. The Balaban J connectivity index is 1.43. The first-order valence-corrected chi connectivity index (χ1v) is 14.5. The third-order valence-electron chi connectivity index (χ3n) is 5.61. The van der Waals surface area contributed by atoms with E-state index in [0.717, 1.165) is 15.4 Å². The van der Waals surface area contributed by atoms with Crippen molar-refractivity contribution in [2.45, 2.75) is 18.4 Å². The van der Waals surface area contributed by atoms with Crippen molar-refractivity contribution in [2.24, 2.45) is 5.10 Å². The average molecular weight is 617 g/mol. The summed E-state index contributed by atoms with van der Waals surface area (Å²) in [5, 5.41) is 5.06. The van der Waals surface area contributed by atoms with Gasteiger partial charge in [0.1, 0.15) is 18.9 Å². The molecule has 0 heterocycles. The highest BCUT2D eigenvalue weighted by atomic mass is 35.5. The minimum absolute atomic E-state index is 0.0168. The number of rotatable bonds is 10. The van der Waals surface area contributed by atoms with Gasteiger partial charge < -0.3 is 4.74 Å². The Labute approximate surface area is 248 Å². The van der Waals surface area contributed by atoms with Crippen molar-refractivity contribution >= 4 is 62.6 Å². The number of nitrogens with one attached hydrogen (secondary N) is 1. The standard InChI is InChI=1S/C29H24Cl3N3O4S/c1-20-5-11-28(12-6-20)40(37,38)35(26-15-24(31)14-25(32)16-26)18-29(36)34-33-17-21-7-9-27(10-8-21)39-19-22-3-2-4-23(30)13-22/h2-17H,18-19H2,1H3,(H,34,36)/b33-17-. The average Bonchev–Trinajstić information content (AvgIpc) is 2.91. The second kappa shape index (κ2) is 13.2. The van der Waals surface area contributed by atoms with E-state index in [9.17, 15) is 13.2 Å². The van der Waals surface area contributed by atoms with Crippen LogP contribution >= 0.6 is 34.8 Å². The summed E-state index contributed by atoms with van der Waals surface area (Å²) in [6, 6.07) is 25.1. The van der Waals surface area contributed by atoms with Crippen molar-refractivity contribution in [3.05, 3.63) is 123 Å². The highest BCUT2D eigenvalue weighted by molar-refractivity contribution is 7.92. The number of hydrogen-bond donors (Lipinski definition) is 1. The lowest BCUT2D eigenvalue weighted by Gasteiger charge is -2.24. The van der Waals surface area contributed by atoms with Crippen LogP contribution in [0.15, 0.2) is 101 Å². The highest BCUT2D eigenvalue weighted by Crippen LogP contribution is 2.29. The number of halogens is 3. The lowest BCUT2D eigenvalue weighted by molar-refractivity contribution is -0.119. The van der Waals surface area contributed by atoms with Gasteiger partial charge in [-0.15, -0.1) is 0 Å². The highest BCUT2D eigenvalue weighted by Gasteiger charge is 2.27. The number of aryl methyl sites for hydroxylation is 1. The summed E-state index contributed by atoms with van der Waals surface area (Å²) in [5.74, 6) is -0.0113. The van der Waals surface area contributed by atoms with Gasteiger partial charge in [0.15, 0.2) is 0 Å². The Kier molecular flexibility index (Phi) is 9.71. The summed E-state index contributed by atoms with van der Waals surface area (Å²) in [5.41, 5.74) is 5.05. The van der Waals surface area contributed by atoms with Crippen LogP contribution in [-0.4, -0.2) is 27.1 Å². The monoisotopic (exact) mass is 615 g/mol. The van der Waals surface area contributed by atoms with Crippen LogP contribution in [0.1, 0.15) is 16.7 Å². The molecule has 4 rings (SSSR count). The number of benzene rings is 4. The first-order chi connectivity index (χ1) is 19.1. The normalized spacial score (nSPS) is 11.4. The zero-order valence-electron chi connectivity index (χ0n) is 21.2. The van der Waals surface area contributed by atoms with E-state index in [2.05, 4.69) is 10.5 Å². The Morgan fingerprint density at radius 1 is 0.900 bits per heavy atom. The van der Waals surface area contributed by atoms with Gasteiger partial charge in [0.2, 0.25) is 0 Å². The van der Waals surface area contributed by atoms with E-state index in [4.69, 9.17) is 39.5 Å². The maximum absolute atomic E-state index is 13.5. The fourth-order valence-electron chi connectivity index (χ4n) is 3.62. The molecular formula is C29H24Cl3N3O4S. The Hall–Kier alpha value is -3.56. The molecule has 0 bridgehead atoms. The molecule has 1 amide bonds. The summed E-state index contributed by atoms with van der Waals surface area (Å²) >= 11 is 18.2. The molecule has 7 nitrogen and oxygen atoms in total. The van der Waals surface area contributed by atoms with Crippen LogP contribution in [-0.2, 0) is 21.4 Å². The summed E-state index contributed by atoms with van der Waals surface area (Å²) in [6.45, 7) is 1.66. The number of hydrogen-bond acceptors (Lipinski definition) is 5. The lowest BCUT2D eigenvalue weighted by Crippen LogP contribution is -2.39. The number of ether oxygens (including phenoxy) is 1. The maximum Gasteiger partial charge on any atom is 0.264 e. The molecule has 0 aromatic heterocycles. The second-order valence-corrected chi connectivity index (χ2v) is 11.9. The molecule has 40 heavy (non-hydrogen) atoms. The number of amides is 1. The molecule has 4 aromatic carbocycles. The quantitative estimate of drug-likeness (QED) is 0.155. The predicted octanol–water partition coefficient (Wildman–Crippen LogP) is 6.88. The predicted molar refractivity (Wildman–Crippen MR) is 160 cm³/mol. The second-order valence-electron chi connectivity index (χ2n) is 8.73. The van der Waals surface area contributed by atoms with Gasteiger partial charge in [0.25, 0.3) is 15.9 Å². The minimum atomic E-state index is -4.13. The Bertz CT molecular complexity index is 1610. The Morgan fingerprint density at radius 3 is 2.23 bits per heavy atom. The largest absolute Gasteiger partial charge is 0.489 e. The maximum atomic E-state index is 13.5. The van der Waals surface area contributed by atoms with Crippen molar-refractivity contribution in [1.82, 2.24) is 5.43 Å². The van der Waals surface area contributed by atoms with E-state index in [-0.39, 0.29) is 20.6 Å². The summed E-state index contributed by atoms with van der Waals surface area (Å²) < 4.78 is 33.7. The smallest absolute Gasteiger partial charge is 0.264 e. The van der Waals surface area contributed by atoms with Crippen molar-refractivity contribution in [2.75, 3.05) is 10.8 Å². The van der Waals surface area contributed by atoms with E-state index >= 15 is 0 Å². The summed E-state index contributed by atoms with van der Waals surface area (Å²) in [7, 11) is -4.13. The molecule has 4 aromatic rings. The van der Waals surface area contributed by atoms with Gasteiger partial charge in [0, 0.05) is 15.1 Å². The van der Waals surface area contributed by atoms with Gasteiger partial charge in [0.05, 0.1) is 16.8 Å². The van der Waals surface area contributed by atoms with Crippen molar-refractivity contribution < 1.29 is 17.9 Å². The zero-order valence-corrected chi connectivity index (χ0v) is 24.3. The molecule has 0 unspecified atom stereocenters. The minimum Gasteiger partial charge on any atom is -0.489 e. The van der Waals surface area contributed by atoms with Crippen LogP contribution in [0.2, 0.25) is 15.1 Å². The lowest BCUT2D eigenvalue weighted by atomic mass is 10.2. The van der Waals surface area contributed by atoms with E-state index < -0.39 is 22.5 Å². The third-order valence-corrected chi connectivity index (χ3v) is 8.07. The van der Waals surface area contributed by atoms with Crippen LogP contribution in [0.25, 0.3) is 0 Å². The van der Waals surface area contributed by atoms with Crippen molar-refractivity contribution in [3.8, 4) is 5.75 Å². The fourth-order valence-corrected chi connectivity index (χ4v) is 5.76. The van der Waals surface area contributed by atoms with Crippen LogP contribution in [0.4, 0.5) is 5.69 Å². The summed E-state index contributed by atoms with van der Waals surface area (Å²) in [6.07, 6.45) is 1.44. The number of nitrogens with zero attached hydrogens (tertiary/aromatic N) is 2. The van der Waals surface area contributed by atoms with Gasteiger partial charge in [-0.25, -0.2) is 13.8 Å². The third kappa shape index (κ3) is 7.99. The van der Waals surface area contributed by atoms with Crippen LogP contribution in [0.3, 0.4) is 0 Å². The van der Waals surface area contributed by atoms with E-state index in [1.54, 1.807) is 42.5 Å². The number of sulfonamides is 1. The van der Waals surface area contributed by atoms with Gasteiger partial charge in [-0.2, -0.15) is 5.10 Å². The molecule has 0 saturated heterocycles. The fraction of sp³-hybridized carbons (Fsp3) is 0.103. The van der Waals surface area contributed by atoms with E-state index in [1.807, 2.05) is 25.1 Å². The molecule has 0 spiro atoms. The molecule has 0 aliphatic heterocycles. The number of hydrazone groups is 1. The van der Waals surface area contributed by atoms with Crippen LogP contribution in [0.5, 0.6) is 5.75 Å². The number of anilines is 1. The summed E-state index contributed by atoms with van der Waals surface area (Å²) in [4.78, 5) is 12.8. The molecule has 1 N–H and O–H groups in total. The van der Waals surface area contributed by atoms with Gasteiger partial charge in [-0.05, 0) is 84.8 Å². The Morgan fingerprint density at radius 2 is 1.57 bits per heavy atom. The number of carbonyl (C=O) groups excluding carboxylic acids is 1. The molecule has 11 heteroatoms. The molecule has 0 saturated carbocycles. The van der Waals surface area contributed by atoms with Gasteiger partial charge in [-0.1, -0.05) is 64.6 Å². The van der Waals surface area contributed by atoms with Crippen molar-refractivity contribution in [3.63, 3.8) is 0 Å². The number of carbonyl (C=O) groups is 1. The van der Waals surface area contributed by atoms with Gasteiger partial charge >= 0.3 is 0 Å². The molecule has 0 aliphatic carbocycles. The molecule has 206 valence electrons. The van der Waals surface area contributed by atoms with Crippen LogP contribution < -0.4 is 14.5 Å². The molecule has 0 aliphatic rings. The molecule has 0 atom stereocenters. The van der Waals surface area contributed by atoms with E-state index in [0.29, 0.717) is 22.9 Å². The van der Waals surface area contributed by atoms with E-state index in [1.165, 1.54) is 36.5 Å². The van der Waals surface area contributed by atoms with Crippen LogP contribution in [0, 0.1) is 6.92 Å². The topological polar surface area (TPSA) is 88.1 Å². The molecule has 0 radical (unpaired) electrons. The molecule has 0 fully saturated rings. The SMILES string of the molecule is Cc1ccc(S(=O)(=O)N(CC(=O)N/N=C\c2ccc(OCc3cccc(Cl)c3)cc2)c2cc(Cl)cc(Cl)c2)cc1. The molecular weight excluding hydrogens is 593 g/mol. The van der Waals surface area contributed by atoms with Gasteiger partial charge in [-0.3, -0.25) is 9.10 Å².